The molecule has 0 bridgehead atoms. The first-order valence-corrected chi connectivity index (χ1v) is 6.87. The second-order valence-electron chi connectivity index (χ2n) is 4.28. The predicted octanol–water partition coefficient (Wildman–Crippen LogP) is 4.26. The van der Waals surface area contributed by atoms with Gasteiger partial charge >= 0.3 is 0 Å². The summed E-state index contributed by atoms with van der Waals surface area (Å²) in [5.41, 5.74) is 0.923. The van der Waals surface area contributed by atoms with Crippen LogP contribution in [0.15, 0.2) is 33.3 Å². The van der Waals surface area contributed by atoms with Crippen molar-refractivity contribution < 1.29 is 4.42 Å². The minimum absolute atomic E-state index is 0.405. The van der Waals surface area contributed by atoms with E-state index in [1.165, 1.54) is 0 Å². The fraction of sp³-hybridized carbons (Fsp3) is 0.308. The molecular formula is C13H14BrClN2O. The molecule has 18 heavy (non-hydrogen) atoms. The number of halogens is 2. The van der Waals surface area contributed by atoms with Gasteiger partial charge < -0.3 is 9.73 Å². The van der Waals surface area contributed by atoms with Crippen molar-refractivity contribution in [3.8, 4) is 11.3 Å². The number of nitrogens with zero attached hydrogens (tertiary/aromatic N) is 1. The van der Waals surface area contributed by atoms with E-state index >= 15 is 0 Å². The number of nitrogens with one attached hydrogen (secondary N) is 1. The summed E-state index contributed by atoms with van der Waals surface area (Å²) in [6, 6.07) is 6.09. The Labute approximate surface area is 120 Å². The van der Waals surface area contributed by atoms with Gasteiger partial charge in [-0.15, -0.1) is 0 Å². The van der Waals surface area contributed by atoms with Gasteiger partial charge in [-0.25, -0.2) is 4.98 Å². The van der Waals surface area contributed by atoms with Crippen LogP contribution in [0.3, 0.4) is 0 Å². The quantitative estimate of drug-likeness (QED) is 0.911. The molecule has 0 radical (unpaired) electrons. The van der Waals surface area contributed by atoms with Crippen molar-refractivity contribution in [2.45, 2.75) is 26.4 Å². The molecular weight excluding hydrogens is 316 g/mol. The summed E-state index contributed by atoms with van der Waals surface area (Å²) in [6.45, 7) is 4.79. The highest BCUT2D eigenvalue weighted by atomic mass is 79.9. The number of aromatic nitrogens is 1. The van der Waals surface area contributed by atoms with E-state index in [1.807, 2.05) is 18.2 Å². The number of hydrogen-bond donors (Lipinski definition) is 1. The van der Waals surface area contributed by atoms with Crippen molar-refractivity contribution >= 4 is 27.5 Å². The smallest absolute Gasteiger partial charge is 0.208 e. The van der Waals surface area contributed by atoms with Crippen molar-refractivity contribution in [1.29, 1.82) is 0 Å². The Bertz CT molecular complexity index is 540. The lowest BCUT2D eigenvalue weighted by molar-refractivity contribution is 0.459. The Morgan fingerprint density at radius 3 is 2.89 bits per heavy atom. The third kappa shape index (κ3) is 3.34. The summed E-state index contributed by atoms with van der Waals surface area (Å²) < 4.78 is 6.54. The van der Waals surface area contributed by atoms with E-state index in [0.29, 0.717) is 23.5 Å². The van der Waals surface area contributed by atoms with Gasteiger partial charge in [-0.3, -0.25) is 0 Å². The molecule has 5 heteroatoms. The van der Waals surface area contributed by atoms with Crippen molar-refractivity contribution in [2.24, 2.45) is 0 Å². The first kappa shape index (κ1) is 13.6. The van der Waals surface area contributed by atoms with Crippen LogP contribution in [0.2, 0.25) is 5.02 Å². The lowest BCUT2D eigenvalue weighted by Crippen LogP contribution is -2.21. The van der Waals surface area contributed by atoms with E-state index in [-0.39, 0.29) is 0 Å². The average molecular weight is 330 g/mol. The second kappa shape index (κ2) is 5.87. The van der Waals surface area contributed by atoms with Crippen LogP contribution < -0.4 is 5.32 Å². The number of hydrogen-bond acceptors (Lipinski definition) is 3. The lowest BCUT2D eigenvalue weighted by atomic mass is 10.2. The molecule has 2 rings (SSSR count). The number of rotatable bonds is 4. The monoisotopic (exact) mass is 328 g/mol. The van der Waals surface area contributed by atoms with Crippen LogP contribution in [0, 0.1) is 0 Å². The molecule has 1 aromatic carbocycles. The second-order valence-corrected chi connectivity index (χ2v) is 5.54. The fourth-order valence-corrected chi connectivity index (χ4v) is 1.89. The van der Waals surface area contributed by atoms with Crippen LogP contribution in [0.4, 0.5) is 0 Å². The summed E-state index contributed by atoms with van der Waals surface area (Å²) in [6.07, 6.45) is 1.72. The maximum Gasteiger partial charge on any atom is 0.208 e. The van der Waals surface area contributed by atoms with Crippen molar-refractivity contribution in [1.82, 2.24) is 10.3 Å². The highest BCUT2D eigenvalue weighted by Gasteiger charge is 2.08. The van der Waals surface area contributed by atoms with Crippen LogP contribution in [-0.2, 0) is 6.54 Å². The molecule has 0 fully saturated rings. The van der Waals surface area contributed by atoms with Crippen molar-refractivity contribution in [2.75, 3.05) is 0 Å². The number of oxazole rings is 1. The molecule has 1 aromatic heterocycles. The minimum atomic E-state index is 0.405. The maximum absolute atomic E-state index is 6.05. The van der Waals surface area contributed by atoms with E-state index in [1.54, 1.807) is 6.20 Å². The van der Waals surface area contributed by atoms with Gasteiger partial charge in [0.05, 0.1) is 17.8 Å². The van der Waals surface area contributed by atoms with Gasteiger partial charge in [-0.05, 0) is 34.1 Å². The van der Waals surface area contributed by atoms with Gasteiger partial charge in [0, 0.05) is 16.1 Å². The Hall–Kier alpha value is -0.840. The molecule has 3 nitrogen and oxygen atoms in total. The SMILES string of the molecule is CC(C)NCc1ncc(-c2ccc(Br)c(Cl)c2)o1. The van der Waals surface area contributed by atoms with Crippen molar-refractivity contribution in [3.63, 3.8) is 0 Å². The standard InChI is InChI=1S/C13H14BrClN2O/c1-8(2)16-7-13-17-6-12(18-13)9-3-4-10(14)11(15)5-9/h3-6,8,16H,7H2,1-2H3. The van der Waals surface area contributed by atoms with Crippen molar-refractivity contribution in [3.05, 3.63) is 39.8 Å². The Morgan fingerprint density at radius 2 is 2.22 bits per heavy atom. The van der Waals surface area contributed by atoms with Crippen LogP contribution in [0.1, 0.15) is 19.7 Å². The van der Waals surface area contributed by atoms with Crippen LogP contribution >= 0.6 is 27.5 Å². The minimum Gasteiger partial charge on any atom is -0.439 e. The zero-order valence-electron chi connectivity index (χ0n) is 10.2. The molecule has 0 spiro atoms. The molecule has 0 amide bonds. The summed E-state index contributed by atoms with van der Waals surface area (Å²) in [5, 5.41) is 3.92. The molecule has 0 saturated carbocycles. The normalized spacial score (nSPS) is 11.2. The topological polar surface area (TPSA) is 38.1 Å². The van der Waals surface area contributed by atoms with Gasteiger partial charge in [-0.2, -0.15) is 0 Å². The van der Waals surface area contributed by atoms with E-state index < -0.39 is 0 Å². The molecule has 0 aliphatic rings. The van der Waals surface area contributed by atoms with E-state index in [2.05, 4.69) is 40.1 Å². The van der Waals surface area contributed by atoms with Gasteiger partial charge in [0.15, 0.2) is 5.76 Å². The zero-order chi connectivity index (χ0) is 13.1. The first-order chi connectivity index (χ1) is 8.56. The van der Waals surface area contributed by atoms with Gasteiger partial charge in [0.1, 0.15) is 0 Å². The molecule has 0 atom stereocenters. The summed E-state index contributed by atoms with van der Waals surface area (Å²) in [7, 11) is 0. The average Bonchev–Trinajstić information content (AvgIpc) is 2.79. The largest absolute Gasteiger partial charge is 0.439 e. The molecule has 0 unspecified atom stereocenters. The zero-order valence-corrected chi connectivity index (χ0v) is 12.5. The molecule has 96 valence electrons. The summed E-state index contributed by atoms with van der Waals surface area (Å²) >= 11 is 9.41. The highest BCUT2D eigenvalue weighted by Crippen LogP contribution is 2.29. The lowest BCUT2D eigenvalue weighted by Gasteiger charge is -2.04. The predicted molar refractivity (Wildman–Crippen MR) is 76.6 cm³/mol. The van der Waals surface area contributed by atoms with E-state index in [0.717, 1.165) is 15.8 Å². The Kier molecular flexibility index (Phi) is 4.43. The molecule has 2 aromatic rings. The van der Waals surface area contributed by atoms with Crippen LogP contribution in [0.25, 0.3) is 11.3 Å². The van der Waals surface area contributed by atoms with Crippen LogP contribution in [0.5, 0.6) is 0 Å². The number of benzene rings is 1. The van der Waals surface area contributed by atoms with E-state index in [4.69, 9.17) is 16.0 Å². The van der Waals surface area contributed by atoms with Gasteiger partial charge in [0.2, 0.25) is 5.89 Å². The van der Waals surface area contributed by atoms with Gasteiger partial charge in [0.25, 0.3) is 0 Å². The molecule has 1 N–H and O–H groups in total. The van der Waals surface area contributed by atoms with Gasteiger partial charge in [-0.1, -0.05) is 25.4 Å². The molecule has 0 aliphatic heterocycles. The summed E-state index contributed by atoms with van der Waals surface area (Å²) in [4.78, 5) is 4.23. The third-order valence-electron chi connectivity index (χ3n) is 2.42. The maximum atomic E-state index is 6.05. The molecule has 1 heterocycles. The summed E-state index contributed by atoms with van der Waals surface area (Å²) in [5.74, 6) is 1.41. The fourth-order valence-electron chi connectivity index (χ4n) is 1.47. The Balaban J connectivity index is 2.16. The van der Waals surface area contributed by atoms with E-state index in [9.17, 15) is 0 Å². The highest BCUT2D eigenvalue weighted by molar-refractivity contribution is 9.10. The molecule has 0 saturated heterocycles. The molecule has 0 aliphatic carbocycles. The Morgan fingerprint density at radius 1 is 1.44 bits per heavy atom. The first-order valence-electron chi connectivity index (χ1n) is 5.70. The van der Waals surface area contributed by atoms with Crippen LogP contribution in [-0.4, -0.2) is 11.0 Å². The third-order valence-corrected chi connectivity index (χ3v) is 3.65.